The number of nitro groups is 1. The smallest absolute Gasteiger partial charge is 0.269 e. The van der Waals surface area contributed by atoms with Crippen LogP contribution in [-0.4, -0.2) is 39.5 Å². The Morgan fingerprint density at radius 2 is 2.10 bits per heavy atom. The maximum Gasteiger partial charge on any atom is 0.269 e. The predicted octanol–water partition coefficient (Wildman–Crippen LogP) is 1.59. The first-order valence-corrected chi connectivity index (χ1v) is 6.37. The van der Waals surface area contributed by atoms with Gasteiger partial charge in [-0.15, -0.1) is 0 Å². The first kappa shape index (κ1) is 13.2. The summed E-state index contributed by atoms with van der Waals surface area (Å²) in [6.45, 7) is 0.568. The summed E-state index contributed by atoms with van der Waals surface area (Å²) in [4.78, 5) is 27.6. The summed E-state index contributed by atoms with van der Waals surface area (Å²) in [7, 11) is 1.74. The molecule has 0 spiro atoms. The predicted molar refractivity (Wildman–Crippen MR) is 71.4 cm³/mol. The minimum absolute atomic E-state index is 0.00139. The third-order valence-corrected chi connectivity index (χ3v) is 3.47. The van der Waals surface area contributed by atoms with E-state index < -0.39 is 4.92 Å². The Morgan fingerprint density at radius 3 is 2.67 bits per heavy atom. The summed E-state index contributed by atoms with van der Waals surface area (Å²) in [5, 5.41) is 14.5. The number of hydrogen-bond donors (Lipinski definition) is 0. The molecule has 1 aromatic carbocycles. The zero-order valence-electron chi connectivity index (χ0n) is 11.2. The van der Waals surface area contributed by atoms with Crippen molar-refractivity contribution in [1.29, 1.82) is 0 Å². The minimum atomic E-state index is -0.469. The first-order valence-electron chi connectivity index (χ1n) is 6.37. The molecule has 1 fully saturated rings. The lowest BCUT2D eigenvalue weighted by molar-refractivity contribution is -0.384. The summed E-state index contributed by atoms with van der Waals surface area (Å²) in [5.74, 6) is 0.766. The normalized spacial score (nSPS) is 18.2. The molecule has 0 saturated carbocycles. The molecule has 108 valence electrons. The quantitative estimate of drug-likeness (QED) is 0.627. The van der Waals surface area contributed by atoms with Crippen LogP contribution in [0.15, 0.2) is 28.8 Å². The van der Waals surface area contributed by atoms with E-state index in [1.54, 1.807) is 24.1 Å². The van der Waals surface area contributed by atoms with Gasteiger partial charge in [0.05, 0.1) is 4.92 Å². The van der Waals surface area contributed by atoms with Crippen molar-refractivity contribution in [2.75, 3.05) is 13.6 Å². The Labute approximate surface area is 119 Å². The topological polar surface area (TPSA) is 102 Å². The molecule has 0 radical (unpaired) electrons. The molecule has 1 amide bonds. The number of hydrogen-bond acceptors (Lipinski definition) is 6. The van der Waals surface area contributed by atoms with Crippen LogP contribution in [0.2, 0.25) is 0 Å². The van der Waals surface area contributed by atoms with Gasteiger partial charge in [-0.2, -0.15) is 4.98 Å². The van der Waals surface area contributed by atoms with Gasteiger partial charge in [0.25, 0.3) is 11.6 Å². The largest absolute Gasteiger partial charge is 0.345 e. The lowest BCUT2D eigenvalue weighted by atomic mass is 10.1. The van der Waals surface area contributed by atoms with Gasteiger partial charge in [0.1, 0.15) is 0 Å². The lowest BCUT2D eigenvalue weighted by Gasteiger charge is -2.06. The Morgan fingerprint density at radius 1 is 1.38 bits per heavy atom. The van der Waals surface area contributed by atoms with Crippen molar-refractivity contribution in [1.82, 2.24) is 15.0 Å². The number of carbonyl (C=O) groups is 1. The highest BCUT2D eigenvalue weighted by molar-refractivity contribution is 5.79. The van der Waals surface area contributed by atoms with Gasteiger partial charge in [-0.1, -0.05) is 5.16 Å². The van der Waals surface area contributed by atoms with Crippen LogP contribution in [-0.2, 0) is 4.79 Å². The minimum Gasteiger partial charge on any atom is -0.345 e. The van der Waals surface area contributed by atoms with Gasteiger partial charge in [0, 0.05) is 43.6 Å². The van der Waals surface area contributed by atoms with E-state index in [1.165, 1.54) is 12.1 Å². The average Bonchev–Trinajstić information content (AvgIpc) is 3.07. The second-order valence-corrected chi connectivity index (χ2v) is 4.94. The molecule has 0 unspecified atom stereocenters. The maximum atomic E-state index is 11.5. The van der Waals surface area contributed by atoms with Crippen molar-refractivity contribution < 1.29 is 14.2 Å². The number of nitro benzene ring substituents is 1. The van der Waals surface area contributed by atoms with E-state index in [2.05, 4.69) is 10.1 Å². The molecule has 0 N–H and O–H groups in total. The molecule has 0 bridgehead atoms. The van der Waals surface area contributed by atoms with Gasteiger partial charge in [-0.3, -0.25) is 14.9 Å². The number of carbonyl (C=O) groups excluding carboxylic acids is 1. The van der Waals surface area contributed by atoms with Crippen LogP contribution >= 0.6 is 0 Å². The SMILES string of the molecule is CN1C[C@H](c2noc(-c3ccc([N+](=O)[O-])cc3)n2)CC1=O. The Kier molecular flexibility index (Phi) is 3.13. The van der Waals surface area contributed by atoms with E-state index in [9.17, 15) is 14.9 Å². The summed E-state index contributed by atoms with van der Waals surface area (Å²) >= 11 is 0. The highest BCUT2D eigenvalue weighted by atomic mass is 16.6. The Hall–Kier alpha value is -2.77. The third-order valence-electron chi connectivity index (χ3n) is 3.47. The number of nitrogens with zero attached hydrogens (tertiary/aromatic N) is 4. The molecule has 21 heavy (non-hydrogen) atoms. The molecular weight excluding hydrogens is 276 g/mol. The zero-order valence-corrected chi connectivity index (χ0v) is 11.2. The van der Waals surface area contributed by atoms with Crippen molar-refractivity contribution in [2.45, 2.75) is 12.3 Å². The molecule has 0 aliphatic carbocycles. The van der Waals surface area contributed by atoms with Gasteiger partial charge >= 0.3 is 0 Å². The van der Waals surface area contributed by atoms with Crippen LogP contribution < -0.4 is 0 Å². The fourth-order valence-electron chi connectivity index (χ4n) is 2.28. The number of likely N-dealkylation sites (tertiary alicyclic amines) is 1. The highest BCUT2D eigenvalue weighted by Gasteiger charge is 2.31. The number of aromatic nitrogens is 2. The van der Waals surface area contributed by atoms with Crippen LogP contribution in [0.4, 0.5) is 5.69 Å². The fourth-order valence-corrected chi connectivity index (χ4v) is 2.28. The van der Waals surface area contributed by atoms with E-state index in [-0.39, 0.29) is 17.5 Å². The summed E-state index contributed by atoms with van der Waals surface area (Å²) < 4.78 is 5.17. The van der Waals surface area contributed by atoms with Crippen molar-refractivity contribution in [3.8, 4) is 11.5 Å². The van der Waals surface area contributed by atoms with E-state index in [1.807, 2.05) is 0 Å². The van der Waals surface area contributed by atoms with E-state index in [0.29, 0.717) is 30.2 Å². The first-order chi connectivity index (χ1) is 10.0. The zero-order chi connectivity index (χ0) is 15.0. The molecule has 1 aliphatic rings. The van der Waals surface area contributed by atoms with Crippen LogP contribution in [0.3, 0.4) is 0 Å². The second kappa shape index (κ2) is 4.97. The fraction of sp³-hybridized carbons (Fsp3) is 0.308. The van der Waals surface area contributed by atoms with E-state index >= 15 is 0 Å². The standard InChI is InChI=1S/C13H12N4O4/c1-16-7-9(6-11(16)18)12-14-13(21-15-12)8-2-4-10(5-3-8)17(19)20/h2-5,9H,6-7H2,1H3/t9-/m1/s1. The van der Waals surface area contributed by atoms with Gasteiger partial charge in [0.15, 0.2) is 5.82 Å². The van der Waals surface area contributed by atoms with Crippen LogP contribution in [0.25, 0.3) is 11.5 Å². The molecule has 8 heteroatoms. The maximum absolute atomic E-state index is 11.5. The molecule has 1 aliphatic heterocycles. The summed E-state index contributed by atoms with van der Waals surface area (Å²) in [6, 6.07) is 5.88. The lowest BCUT2D eigenvalue weighted by Crippen LogP contribution is -2.18. The van der Waals surface area contributed by atoms with Gasteiger partial charge < -0.3 is 9.42 Å². The van der Waals surface area contributed by atoms with Gasteiger partial charge in [-0.25, -0.2) is 0 Å². The van der Waals surface area contributed by atoms with Gasteiger partial charge in [-0.05, 0) is 12.1 Å². The van der Waals surface area contributed by atoms with Crippen LogP contribution in [0.1, 0.15) is 18.2 Å². The molecule has 1 atom stereocenters. The number of amides is 1. The molecule has 8 nitrogen and oxygen atoms in total. The van der Waals surface area contributed by atoms with E-state index in [4.69, 9.17) is 4.52 Å². The third kappa shape index (κ3) is 2.47. The molecule has 2 heterocycles. The molecule has 2 aromatic rings. The van der Waals surface area contributed by atoms with Crippen molar-refractivity contribution >= 4 is 11.6 Å². The van der Waals surface area contributed by atoms with E-state index in [0.717, 1.165) is 0 Å². The summed E-state index contributed by atoms with van der Waals surface area (Å²) in [6.07, 6.45) is 0.371. The Bertz CT molecular complexity index is 694. The molecule has 1 saturated heterocycles. The van der Waals surface area contributed by atoms with Crippen molar-refractivity contribution in [2.24, 2.45) is 0 Å². The average molecular weight is 288 g/mol. The van der Waals surface area contributed by atoms with Crippen molar-refractivity contribution in [3.63, 3.8) is 0 Å². The number of benzene rings is 1. The molecule has 1 aromatic heterocycles. The molecule has 3 rings (SSSR count). The van der Waals surface area contributed by atoms with Crippen LogP contribution in [0.5, 0.6) is 0 Å². The van der Waals surface area contributed by atoms with Crippen molar-refractivity contribution in [3.05, 3.63) is 40.2 Å². The second-order valence-electron chi connectivity index (χ2n) is 4.94. The number of non-ortho nitro benzene ring substituents is 1. The number of likely N-dealkylation sites (N-methyl/N-ethyl adjacent to an activating group) is 1. The molecular formula is C13H12N4O4. The van der Waals surface area contributed by atoms with Gasteiger partial charge in [0.2, 0.25) is 5.91 Å². The van der Waals surface area contributed by atoms with Crippen LogP contribution in [0, 0.1) is 10.1 Å². The summed E-state index contributed by atoms with van der Waals surface area (Å²) in [5.41, 5.74) is 0.610. The monoisotopic (exact) mass is 288 g/mol. The Balaban J connectivity index is 1.81. The highest BCUT2D eigenvalue weighted by Crippen LogP contribution is 2.27. The number of rotatable bonds is 3.